The number of nitrogens with one attached hydrogen (secondary N) is 2. The second-order valence-corrected chi connectivity index (χ2v) is 7.33. The fourth-order valence-electron chi connectivity index (χ4n) is 2.87. The Kier molecular flexibility index (Phi) is 5.09. The molecular formula is C16H19N3O2S2. The maximum atomic E-state index is 12.2. The minimum Gasteiger partial charge on any atom is -0.338 e. The van der Waals surface area contributed by atoms with Gasteiger partial charge in [-0.15, -0.1) is 22.7 Å². The Morgan fingerprint density at radius 1 is 1.30 bits per heavy atom. The fraction of sp³-hybridized carbons (Fsp3) is 0.375. The zero-order chi connectivity index (χ0) is 16.2. The second-order valence-electron chi connectivity index (χ2n) is 5.35. The Labute approximate surface area is 143 Å². The fourth-order valence-corrected chi connectivity index (χ4v) is 4.65. The van der Waals surface area contributed by atoms with Crippen molar-refractivity contribution in [3.05, 3.63) is 44.3 Å². The molecule has 0 spiro atoms. The maximum Gasteiger partial charge on any atom is 0.321 e. The summed E-state index contributed by atoms with van der Waals surface area (Å²) in [5.41, 5.74) is 1.29. The standard InChI is InChI=1S/C16H19N3O2S2/c1-2-17-16(21)18-14(20)10-19-7-5-12-11(6-9-23-12)15(19)13-4-3-8-22-13/h3-4,6,8-9,15H,2,5,7,10H2,1H3,(H2,17,18,20,21). The van der Waals surface area contributed by atoms with Crippen LogP contribution in [0.5, 0.6) is 0 Å². The molecule has 2 aromatic heterocycles. The van der Waals surface area contributed by atoms with E-state index in [0.717, 1.165) is 13.0 Å². The molecule has 1 unspecified atom stereocenters. The molecule has 0 bridgehead atoms. The lowest BCUT2D eigenvalue weighted by Crippen LogP contribution is -2.46. The van der Waals surface area contributed by atoms with Gasteiger partial charge in [-0.2, -0.15) is 0 Å². The molecule has 7 heteroatoms. The number of urea groups is 1. The van der Waals surface area contributed by atoms with Crippen LogP contribution in [-0.2, 0) is 11.2 Å². The molecule has 3 heterocycles. The van der Waals surface area contributed by atoms with E-state index in [4.69, 9.17) is 0 Å². The van der Waals surface area contributed by atoms with Crippen molar-refractivity contribution in [2.75, 3.05) is 19.6 Å². The molecule has 2 aromatic rings. The number of rotatable bonds is 4. The van der Waals surface area contributed by atoms with E-state index >= 15 is 0 Å². The normalized spacial score (nSPS) is 17.5. The van der Waals surface area contributed by atoms with Crippen LogP contribution in [0.15, 0.2) is 29.0 Å². The Balaban J connectivity index is 1.76. The van der Waals surface area contributed by atoms with Gasteiger partial charge in [0.05, 0.1) is 12.6 Å². The van der Waals surface area contributed by atoms with Crippen LogP contribution in [-0.4, -0.2) is 36.5 Å². The third-order valence-electron chi connectivity index (χ3n) is 3.82. The van der Waals surface area contributed by atoms with Gasteiger partial charge in [0.2, 0.25) is 5.91 Å². The van der Waals surface area contributed by atoms with Crippen LogP contribution in [0.3, 0.4) is 0 Å². The van der Waals surface area contributed by atoms with Gasteiger partial charge >= 0.3 is 6.03 Å². The number of carbonyl (C=O) groups excluding carboxylic acids is 2. The zero-order valence-electron chi connectivity index (χ0n) is 12.9. The number of carbonyl (C=O) groups is 2. The minimum absolute atomic E-state index is 0.102. The van der Waals surface area contributed by atoms with Gasteiger partial charge in [0, 0.05) is 22.8 Å². The topological polar surface area (TPSA) is 61.4 Å². The summed E-state index contributed by atoms with van der Waals surface area (Å²) in [6, 6.07) is 5.96. The molecule has 0 saturated heterocycles. The van der Waals surface area contributed by atoms with Crippen LogP contribution in [0.2, 0.25) is 0 Å². The van der Waals surface area contributed by atoms with Crippen molar-refractivity contribution in [1.29, 1.82) is 0 Å². The molecule has 1 atom stereocenters. The van der Waals surface area contributed by atoms with Crippen LogP contribution >= 0.6 is 22.7 Å². The number of thiophene rings is 2. The van der Waals surface area contributed by atoms with Crippen molar-refractivity contribution in [3.63, 3.8) is 0 Å². The predicted octanol–water partition coefficient (Wildman–Crippen LogP) is 2.60. The van der Waals surface area contributed by atoms with Crippen molar-refractivity contribution in [1.82, 2.24) is 15.5 Å². The first-order valence-corrected chi connectivity index (χ1v) is 9.36. The first kappa shape index (κ1) is 16.2. The van der Waals surface area contributed by atoms with Crippen molar-refractivity contribution >= 4 is 34.6 Å². The average molecular weight is 349 g/mol. The number of nitrogens with zero attached hydrogens (tertiary/aromatic N) is 1. The summed E-state index contributed by atoms with van der Waals surface area (Å²) in [5, 5.41) is 9.14. The highest BCUT2D eigenvalue weighted by Crippen LogP contribution is 2.39. The molecule has 0 aliphatic carbocycles. The lowest BCUT2D eigenvalue weighted by molar-refractivity contribution is -0.121. The molecule has 3 rings (SSSR count). The van der Waals surface area contributed by atoms with E-state index in [0.29, 0.717) is 6.54 Å². The molecule has 2 N–H and O–H groups in total. The van der Waals surface area contributed by atoms with Gasteiger partial charge in [-0.25, -0.2) is 4.79 Å². The molecular weight excluding hydrogens is 330 g/mol. The Bertz CT molecular complexity index is 681. The summed E-state index contributed by atoms with van der Waals surface area (Å²) in [6.45, 7) is 3.35. The number of hydrogen-bond acceptors (Lipinski definition) is 5. The Hall–Kier alpha value is -1.70. The molecule has 1 aliphatic heterocycles. The smallest absolute Gasteiger partial charge is 0.321 e. The van der Waals surface area contributed by atoms with Gasteiger partial charge in [-0.1, -0.05) is 6.07 Å². The van der Waals surface area contributed by atoms with Crippen LogP contribution in [0.4, 0.5) is 4.79 Å². The Morgan fingerprint density at radius 3 is 2.91 bits per heavy atom. The number of fused-ring (bicyclic) bond motifs is 1. The van der Waals surface area contributed by atoms with Gasteiger partial charge in [0.15, 0.2) is 0 Å². The first-order chi connectivity index (χ1) is 11.2. The molecule has 0 saturated carbocycles. The van der Waals surface area contributed by atoms with E-state index in [1.54, 1.807) is 22.7 Å². The molecule has 5 nitrogen and oxygen atoms in total. The average Bonchev–Trinajstić information content (AvgIpc) is 3.18. The predicted molar refractivity (Wildman–Crippen MR) is 93.0 cm³/mol. The molecule has 0 aromatic carbocycles. The third-order valence-corrected chi connectivity index (χ3v) is 5.74. The lowest BCUT2D eigenvalue weighted by Gasteiger charge is -2.34. The van der Waals surface area contributed by atoms with Crippen LogP contribution in [0, 0.1) is 0 Å². The third kappa shape index (κ3) is 3.63. The summed E-state index contributed by atoms with van der Waals surface area (Å²) in [4.78, 5) is 28.4. The number of hydrogen-bond donors (Lipinski definition) is 2. The number of imide groups is 1. The van der Waals surface area contributed by atoms with E-state index in [-0.39, 0.29) is 18.5 Å². The van der Waals surface area contributed by atoms with Crippen molar-refractivity contribution in [3.8, 4) is 0 Å². The van der Waals surface area contributed by atoms with Crippen LogP contribution < -0.4 is 10.6 Å². The minimum atomic E-state index is -0.432. The number of amides is 3. The van der Waals surface area contributed by atoms with Gasteiger partial charge in [-0.05, 0) is 41.8 Å². The highest BCUT2D eigenvalue weighted by molar-refractivity contribution is 7.10. The van der Waals surface area contributed by atoms with Crippen molar-refractivity contribution in [2.24, 2.45) is 0 Å². The zero-order valence-corrected chi connectivity index (χ0v) is 14.5. The largest absolute Gasteiger partial charge is 0.338 e. The molecule has 0 radical (unpaired) electrons. The molecule has 1 aliphatic rings. The van der Waals surface area contributed by atoms with Crippen molar-refractivity contribution < 1.29 is 9.59 Å². The van der Waals surface area contributed by atoms with E-state index in [1.165, 1.54) is 15.3 Å². The summed E-state index contributed by atoms with van der Waals surface area (Å²) in [5.74, 6) is -0.267. The first-order valence-electron chi connectivity index (χ1n) is 7.60. The van der Waals surface area contributed by atoms with Gasteiger partial charge in [0.1, 0.15) is 0 Å². The Morgan fingerprint density at radius 2 is 2.17 bits per heavy atom. The molecule has 0 fully saturated rings. The second kappa shape index (κ2) is 7.25. The van der Waals surface area contributed by atoms with Crippen molar-refractivity contribution in [2.45, 2.75) is 19.4 Å². The molecule has 3 amide bonds. The summed E-state index contributed by atoms with van der Waals surface area (Å²) >= 11 is 3.48. The van der Waals surface area contributed by atoms with Crippen LogP contribution in [0.25, 0.3) is 0 Å². The maximum absolute atomic E-state index is 12.2. The van der Waals surface area contributed by atoms with Gasteiger partial charge in [-0.3, -0.25) is 15.0 Å². The molecule has 122 valence electrons. The summed E-state index contributed by atoms with van der Waals surface area (Å²) in [6.07, 6.45) is 0.948. The van der Waals surface area contributed by atoms with E-state index in [1.807, 2.05) is 13.0 Å². The monoisotopic (exact) mass is 349 g/mol. The SMILES string of the molecule is CCNC(=O)NC(=O)CN1CCc2sccc2C1c1cccs1. The lowest BCUT2D eigenvalue weighted by atomic mass is 9.98. The summed E-state index contributed by atoms with van der Waals surface area (Å²) in [7, 11) is 0. The van der Waals surface area contributed by atoms with E-state index < -0.39 is 6.03 Å². The van der Waals surface area contributed by atoms with Crippen LogP contribution in [0.1, 0.15) is 28.3 Å². The highest BCUT2D eigenvalue weighted by atomic mass is 32.1. The quantitative estimate of drug-likeness (QED) is 0.892. The van der Waals surface area contributed by atoms with E-state index in [2.05, 4.69) is 38.4 Å². The van der Waals surface area contributed by atoms with Gasteiger partial charge in [0.25, 0.3) is 0 Å². The summed E-state index contributed by atoms with van der Waals surface area (Å²) < 4.78 is 0. The van der Waals surface area contributed by atoms with E-state index in [9.17, 15) is 9.59 Å². The molecule has 23 heavy (non-hydrogen) atoms. The van der Waals surface area contributed by atoms with Gasteiger partial charge < -0.3 is 5.32 Å². The highest BCUT2D eigenvalue weighted by Gasteiger charge is 2.31.